The number of aliphatic hydroxyl groups is 9. The Hall–Kier alpha value is -12.5. The minimum atomic E-state index is -2.15. The fourth-order valence-electron chi connectivity index (χ4n) is 13.7. The second kappa shape index (κ2) is 65.6. The Kier molecular flexibility index (Phi) is 59.0. The number of carboxylic acids is 2. The van der Waals surface area contributed by atoms with Crippen LogP contribution in [-0.2, 0) is 105 Å². The standard InChI is InChI=1S/C84H147N25O33S/c1-36(2)27-48(83(141)142)96-78(136)60(38(5)6)105-74(132)53(33-114)98-73(131)52(32-113)103-81(139)63(42(11)118)107-68(126)46(22-26-143-12)93-70(128)51(31-112)102-79(137)59(37(3)4)104-64(122)40(9)91-69(127)47(28-57(87)119)95-66(124)44(18-13-14-23-85)92-67(125)45(20-21-58(120)121)94-80(138)62(41(10)117)108-76(134)55(35-116)100-72(130)50(30-111)101-77(135)56-19-16-25-109(56)82(140)61(39(7)8)106-75(133)54(34-115)99-71(129)49(29-110)97-65(123)43(86)17-15-24-90-84(88)89/h36-56,59-63,110-118H,13-35,85-86H2,1-12H3,(H2,87,119)(H,91,127)(H,92,125)(H,93,128)(H,94,138)(H,95,124)(H,96,136)(H,97,123)(H,98,131)(H,99,129)(H,100,130)(H,101,135)(H,102,137)(H,103,139)(H,104,122)(H,105,132)(H,106,133)(H,107,126)(H,108,134)(H,120,121)(H,141,142)(H4,88,89,90)/t40-,41+,42+,43-,44-,45-,46-,47-,48-,49-,50-,51-,52-,53-,54-,55-,56-,59-,60-,61-,62-,63-/m0/s1. The number of hydrogen-bond donors (Lipinski definition) is 34. The lowest BCUT2D eigenvalue weighted by Crippen LogP contribution is -2.63. The van der Waals surface area contributed by atoms with Crippen LogP contribution in [0.4, 0.5) is 0 Å². The van der Waals surface area contributed by atoms with Gasteiger partial charge in [-0.25, -0.2) is 4.79 Å². The Morgan fingerprint density at radius 2 is 0.699 bits per heavy atom. The molecule has 1 saturated heterocycles. The van der Waals surface area contributed by atoms with Crippen molar-refractivity contribution in [2.24, 2.45) is 57.3 Å². The van der Waals surface area contributed by atoms with Crippen LogP contribution in [0, 0.1) is 23.7 Å². The number of guanidine groups is 1. The van der Waals surface area contributed by atoms with Gasteiger partial charge in [-0.05, 0) is 127 Å². The van der Waals surface area contributed by atoms with Crippen LogP contribution < -0.4 is 124 Å². The molecule has 812 valence electrons. The number of rotatable bonds is 68. The molecule has 0 aliphatic carbocycles. The molecule has 0 aromatic carbocycles. The molecule has 58 nitrogen and oxygen atoms in total. The van der Waals surface area contributed by atoms with E-state index in [0.29, 0.717) is 0 Å². The van der Waals surface area contributed by atoms with E-state index >= 15 is 0 Å². The fourth-order valence-corrected chi connectivity index (χ4v) is 14.2. The van der Waals surface area contributed by atoms with Crippen molar-refractivity contribution in [3.8, 4) is 0 Å². The zero-order chi connectivity index (χ0) is 109. The van der Waals surface area contributed by atoms with E-state index in [1.807, 2.05) is 0 Å². The van der Waals surface area contributed by atoms with E-state index in [2.05, 4.69) is 101 Å². The molecular formula is C84H147N25O33S. The van der Waals surface area contributed by atoms with Crippen molar-refractivity contribution in [1.82, 2.24) is 101 Å². The number of nitrogens with one attached hydrogen (secondary N) is 18. The van der Waals surface area contributed by atoms with Crippen LogP contribution in [0.25, 0.3) is 0 Å². The number of carboxylic acid groups (broad SMARTS) is 2. The molecule has 0 radical (unpaired) electrons. The number of carbonyl (C=O) groups is 22. The average Bonchev–Trinajstić information content (AvgIpc) is 1.69. The Bertz CT molecular complexity index is 4320. The zero-order valence-corrected chi connectivity index (χ0v) is 82.7. The van der Waals surface area contributed by atoms with Crippen molar-refractivity contribution in [3.05, 3.63) is 0 Å². The first kappa shape index (κ1) is 129. The van der Waals surface area contributed by atoms with Gasteiger partial charge in [0.05, 0.1) is 70.9 Å². The summed E-state index contributed by atoms with van der Waals surface area (Å²) in [5.41, 5.74) is 27.7. The predicted octanol–water partition coefficient (Wildman–Crippen LogP) is -16.5. The second-order valence-electron chi connectivity index (χ2n) is 35.3. The number of aliphatic carboxylic acids is 2. The van der Waals surface area contributed by atoms with Gasteiger partial charge in [0, 0.05) is 19.5 Å². The topological polar surface area (TPSA) is 960 Å². The second-order valence-corrected chi connectivity index (χ2v) is 36.3. The minimum Gasteiger partial charge on any atom is -0.481 e. The monoisotopic (exact) mass is 2070 g/mol. The van der Waals surface area contributed by atoms with Crippen LogP contribution in [0.3, 0.4) is 0 Å². The highest BCUT2D eigenvalue weighted by Gasteiger charge is 2.45. The fraction of sp³-hybridized carbons (Fsp3) is 0.726. The lowest BCUT2D eigenvalue weighted by atomic mass is 10.00. The molecule has 1 aliphatic heterocycles. The van der Waals surface area contributed by atoms with Crippen molar-refractivity contribution in [2.75, 3.05) is 77.9 Å². The molecule has 1 aliphatic rings. The molecule has 0 unspecified atom stereocenters. The van der Waals surface area contributed by atoms with E-state index in [9.17, 15) is 162 Å². The number of nitrogens with zero attached hydrogens (tertiary/aromatic N) is 2. The summed E-state index contributed by atoms with van der Waals surface area (Å²) in [4.78, 5) is 303. The maximum absolute atomic E-state index is 14.3. The summed E-state index contributed by atoms with van der Waals surface area (Å²) in [6, 6.07) is -34.9. The van der Waals surface area contributed by atoms with Gasteiger partial charge < -0.3 is 185 Å². The molecule has 0 saturated carbocycles. The Morgan fingerprint density at radius 3 is 1.08 bits per heavy atom. The number of unbranched alkanes of at least 4 members (excludes halogenated alkanes) is 1. The molecule has 1 rings (SSSR count). The van der Waals surface area contributed by atoms with Crippen molar-refractivity contribution in [1.29, 1.82) is 0 Å². The van der Waals surface area contributed by atoms with Crippen molar-refractivity contribution < 1.29 is 162 Å². The molecule has 1 heterocycles. The van der Waals surface area contributed by atoms with Crippen molar-refractivity contribution in [3.63, 3.8) is 0 Å². The number of carbonyl (C=O) groups excluding carboxylic acids is 20. The largest absolute Gasteiger partial charge is 0.481 e. The van der Waals surface area contributed by atoms with E-state index < -0.39 is 346 Å². The van der Waals surface area contributed by atoms with Crippen LogP contribution in [0.15, 0.2) is 4.99 Å². The van der Waals surface area contributed by atoms with Gasteiger partial charge in [0.15, 0.2) is 5.96 Å². The SMILES string of the molecule is CSCC[C@H](NC(=O)[C@H](CO)NC(=O)[C@@H](NC(=O)[C@H](C)NC(=O)[C@H](CC(N)=O)NC(=O)[C@H](CCCCN)NC(=O)[C@H](CCC(=O)O)NC(=O)[C@@H](NC(=O)[C@H](CO)NC(=O)[C@H](CO)NC(=O)[C@@H]1CCCN1C(=O)[C@@H](NC(=O)[C@H](CO)NC(=O)[C@H](CO)NC(=O)[C@@H](N)CCCN=C(N)N)C(C)C)[C@@H](C)O)C(C)C)C(=O)N[C@H](C(=O)N[C@@H](CO)C(=O)N[C@@H](CO)C(=O)N[C@H](C(=O)N[C@@H](CC(C)C)C(=O)O)C(C)C)[C@@H](C)O. The third-order valence-electron chi connectivity index (χ3n) is 21.9. The van der Waals surface area contributed by atoms with E-state index in [4.69, 9.17) is 28.7 Å². The highest BCUT2D eigenvalue weighted by atomic mass is 32.2. The molecule has 0 aromatic heterocycles. The summed E-state index contributed by atoms with van der Waals surface area (Å²) >= 11 is 1.17. The van der Waals surface area contributed by atoms with Crippen LogP contribution in [-0.4, -0.2) is 408 Å². The predicted molar refractivity (Wildman–Crippen MR) is 504 cm³/mol. The first-order chi connectivity index (χ1) is 67.0. The van der Waals surface area contributed by atoms with Crippen LogP contribution >= 0.6 is 11.8 Å². The number of likely N-dealkylation sites (tertiary alicyclic amines) is 1. The number of thioether (sulfide) groups is 1. The first-order valence-corrected chi connectivity index (χ1v) is 47.5. The molecule has 22 atom stereocenters. The normalized spacial score (nSPS) is 16.8. The molecule has 1 fully saturated rings. The van der Waals surface area contributed by atoms with Gasteiger partial charge in [-0.1, -0.05) is 55.4 Å². The smallest absolute Gasteiger partial charge is 0.326 e. The Labute approximate surface area is 828 Å². The number of aliphatic hydroxyl groups excluding tert-OH is 9. The van der Waals surface area contributed by atoms with E-state index in [1.165, 1.54) is 53.3 Å². The van der Waals surface area contributed by atoms with Gasteiger partial charge in [-0.2, -0.15) is 11.8 Å². The van der Waals surface area contributed by atoms with Crippen LogP contribution in [0.5, 0.6) is 0 Å². The zero-order valence-electron chi connectivity index (χ0n) is 81.9. The quantitative estimate of drug-likeness (QED) is 0.0153. The number of amides is 20. The summed E-state index contributed by atoms with van der Waals surface area (Å²) < 4.78 is 0. The van der Waals surface area contributed by atoms with Gasteiger partial charge in [-0.3, -0.25) is 106 Å². The molecule has 0 bridgehead atoms. The highest BCUT2D eigenvalue weighted by molar-refractivity contribution is 7.98. The van der Waals surface area contributed by atoms with Gasteiger partial charge in [0.25, 0.3) is 0 Å². The molecule has 20 amide bonds. The van der Waals surface area contributed by atoms with E-state index in [0.717, 1.165) is 25.7 Å². The number of aliphatic imine (C=N–C) groups is 1. The molecule has 0 spiro atoms. The number of hydrogen-bond acceptors (Lipinski definition) is 35. The summed E-state index contributed by atoms with van der Waals surface area (Å²) in [6.45, 7) is 7.33. The molecule has 59 heteroatoms. The summed E-state index contributed by atoms with van der Waals surface area (Å²) in [5, 5.41) is 153. The molecule has 143 heavy (non-hydrogen) atoms. The van der Waals surface area contributed by atoms with Crippen molar-refractivity contribution in [2.45, 2.75) is 286 Å². The highest BCUT2D eigenvalue weighted by Crippen LogP contribution is 2.22. The number of primary amides is 1. The minimum absolute atomic E-state index is 0.00686. The maximum Gasteiger partial charge on any atom is 0.326 e. The lowest BCUT2D eigenvalue weighted by Gasteiger charge is -2.32. The summed E-state index contributed by atoms with van der Waals surface area (Å²) in [7, 11) is 0. The summed E-state index contributed by atoms with van der Waals surface area (Å²) in [5.74, 6) is -29.3. The average molecular weight is 2070 g/mol. The van der Waals surface area contributed by atoms with E-state index in [-0.39, 0.29) is 95.1 Å². The molecule has 0 aromatic rings. The molecule has 39 N–H and O–H groups in total. The Morgan fingerprint density at radius 1 is 0.371 bits per heavy atom. The lowest BCUT2D eigenvalue weighted by molar-refractivity contribution is -0.144. The van der Waals surface area contributed by atoms with Crippen LogP contribution in [0.2, 0.25) is 0 Å². The third-order valence-corrected chi connectivity index (χ3v) is 22.6. The van der Waals surface area contributed by atoms with Gasteiger partial charge in [-0.15, -0.1) is 0 Å². The van der Waals surface area contributed by atoms with Gasteiger partial charge in [0.2, 0.25) is 118 Å². The third kappa shape index (κ3) is 44.9. The van der Waals surface area contributed by atoms with E-state index in [1.54, 1.807) is 20.1 Å². The number of nitrogens with two attached hydrogens (primary N) is 5. The Balaban J connectivity index is 3.39. The molecular weight excluding hydrogens is 1920 g/mol. The van der Waals surface area contributed by atoms with Crippen molar-refractivity contribution >= 4 is 148 Å². The maximum atomic E-state index is 14.3. The van der Waals surface area contributed by atoms with Gasteiger partial charge in [0.1, 0.15) is 115 Å². The van der Waals surface area contributed by atoms with Gasteiger partial charge >= 0.3 is 11.9 Å². The summed E-state index contributed by atoms with van der Waals surface area (Å²) in [6.07, 6.45) is -4.76. The van der Waals surface area contributed by atoms with Crippen LogP contribution in [0.1, 0.15) is 153 Å². The first-order valence-electron chi connectivity index (χ1n) is 46.1.